The average molecular weight is 539 g/mol. The number of ether oxygens (including phenoxy) is 3. The number of aryl methyl sites for hydroxylation is 1. The van der Waals surface area contributed by atoms with Crippen molar-refractivity contribution in [2.45, 2.75) is 102 Å². The molecule has 1 saturated heterocycles. The van der Waals surface area contributed by atoms with Crippen molar-refractivity contribution >= 4 is 28.8 Å². The van der Waals surface area contributed by atoms with Crippen LogP contribution >= 0.6 is 9.47 Å². The maximum atomic E-state index is 11.9. The van der Waals surface area contributed by atoms with Crippen molar-refractivity contribution in [3.05, 3.63) is 34.2 Å². The van der Waals surface area contributed by atoms with E-state index in [1.807, 2.05) is 0 Å². The predicted octanol–water partition coefficient (Wildman–Crippen LogP) is 5.44. The van der Waals surface area contributed by atoms with Crippen LogP contribution in [0.2, 0.25) is 18.1 Å². The molecule has 4 rings (SSSR count). The van der Waals surface area contributed by atoms with Gasteiger partial charge in [0.15, 0.2) is 14.4 Å². The monoisotopic (exact) mass is 538 g/mol. The first-order valence-corrected chi connectivity index (χ1v) is 15.9. The summed E-state index contributed by atoms with van der Waals surface area (Å²) in [5.41, 5.74) is -0.280. The Morgan fingerprint density at radius 1 is 1.14 bits per heavy atom. The molecule has 1 saturated carbocycles. The molecule has 1 spiro atoms. The van der Waals surface area contributed by atoms with Crippen molar-refractivity contribution < 1.29 is 32.7 Å². The fraction of sp³-hybridized carbons (Fsp3) is 0.654. The maximum absolute atomic E-state index is 11.9. The van der Waals surface area contributed by atoms with Crippen LogP contribution in [0, 0.1) is 6.92 Å². The summed E-state index contributed by atoms with van der Waals surface area (Å²) in [6.07, 6.45) is 1.82. The molecule has 2 heterocycles. The van der Waals surface area contributed by atoms with E-state index in [2.05, 4.69) is 30.2 Å². The third-order valence-electron chi connectivity index (χ3n) is 8.27. The first-order valence-electron chi connectivity index (χ1n) is 12.9. The van der Waals surface area contributed by atoms with Crippen molar-refractivity contribution in [1.82, 2.24) is 0 Å². The van der Waals surface area contributed by atoms with Gasteiger partial charge in [-0.1, -0.05) is 33.6 Å². The lowest BCUT2D eigenvalue weighted by Gasteiger charge is -2.52. The number of aromatic hydroxyl groups is 1. The summed E-state index contributed by atoms with van der Waals surface area (Å²) in [6, 6.07) is 7.50. The van der Waals surface area contributed by atoms with Gasteiger partial charge < -0.3 is 32.7 Å². The average Bonchev–Trinajstić information content (AvgIpc) is 3.33. The van der Waals surface area contributed by atoms with Gasteiger partial charge in [-0.2, -0.15) is 0 Å². The summed E-state index contributed by atoms with van der Waals surface area (Å²) in [5.74, 6) is 0.360. The molecule has 5 atom stereocenters. The van der Waals surface area contributed by atoms with Crippen LogP contribution < -0.4 is 10.4 Å². The summed E-state index contributed by atoms with van der Waals surface area (Å²) in [4.78, 5) is 11.9. The molecular formula is C26H39O8PSi. The molecule has 200 valence electrons. The van der Waals surface area contributed by atoms with Gasteiger partial charge in [0.1, 0.15) is 34.9 Å². The Morgan fingerprint density at radius 2 is 1.81 bits per heavy atom. The molecule has 2 fully saturated rings. The minimum absolute atomic E-state index is 0.128. The number of methoxy groups -OCH3 is 1. The molecular weight excluding hydrogens is 499 g/mol. The van der Waals surface area contributed by atoms with Gasteiger partial charge in [0.05, 0.1) is 11.5 Å². The molecule has 10 heteroatoms. The van der Waals surface area contributed by atoms with E-state index in [0.717, 1.165) is 49.9 Å². The fourth-order valence-corrected chi connectivity index (χ4v) is 9.06. The Labute approximate surface area is 216 Å². The standard InChI is InChI=1S/C26H39O8PSi/c1-6-36(7-2,8-3)34-22-23(33-35)25(32-26(24(22)29-5)13-9-10-14-26)30-19-12-11-17-18(27)15-20(28)31-21(17)16(19)4/h11-12,15,22-25,27H,6-10,13-14,35H2,1-5H3/t22-,23?,24+,25+/m0/s1. The zero-order valence-electron chi connectivity index (χ0n) is 21.9. The van der Waals surface area contributed by atoms with Gasteiger partial charge in [-0.3, -0.25) is 0 Å². The van der Waals surface area contributed by atoms with Gasteiger partial charge in [-0.05, 0) is 50.0 Å². The SMILES string of the molecule is CC[Si](CC)(CC)O[C@H]1C(OP)[C@H](Oc2ccc3c(O)cc(=O)oc3c2C)OC2(CCCC2)[C@@H]1OC. The second-order valence-corrected chi connectivity index (χ2v) is 15.0. The lowest BCUT2D eigenvalue weighted by atomic mass is 9.85. The summed E-state index contributed by atoms with van der Waals surface area (Å²) >= 11 is 0. The number of fused-ring (bicyclic) bond motifs is 1. The Bertz CT molecular complexity index is 1100. The van der Waals surface area contributed by atoms with Crippen LogP contribution in [-0.2, 0) is 18.4 Å². The zero-order chi connectivity index (χ0) is 26.1. The Kier molecular flexibility index (Phi) is 8.49. The van der Waals surface area contributed by atoms with Crippen molar-refractivity contribution in [1.29, 1.82) is 0 Å². The van der Waals surface area contributed by atoms with E-state index in [1.165, 1.54) is 0 Å². The van der Waals surface area contributed by atoms with Gasteiger partial charge in [0.2, 0.25) is 6.29 Å². The van der Waals surface area contributed by atoms with Crippen LogP contribution in [0.25, 0.3) is 11.0 Å². The summed E-state index contributed by atoms with van der Waals surface area (Å²) in [5, 5.41) is 10.6. The van der Waals surface area contributed by atoms with Gasteiger partial charge in [-0.15, -0.1) is 0 Å². The van der Waals surface area contributed by atoms with Gasteiger partial charge in [0.25, 0.3) is 0 Å². The summed E-state index contributed by atoms with van der Waals surface area (Å²) in [7, 11) is 2.05. The molecule has 0 amide bonds. The Morgan fingerprint density at radius 3 is 2.39 bits per heavy atom. The highest BCUT2D eigenvalue weighted by atomic mass is 31.0. The second-order valence-electron chi connectivity index (χ2n) is 9.98. The Balaban J connectivity index is 1.75. The van der Waals surface area contributed by atoms with Crippen LogP contribution in [0.1, 0.15) is 52.0 Å². The highest BCUT2D eigenvalue weighted by molar-refractivity contribution is 7.09. The number of hydrogen-bond donors (Lipinski definition) is 1. The molecule has 1 aliphatic carbocycles. The lowest BCUT2D eigenvalue weighted by molar-refractivity contribution is -0.305. The van der Waals surface area contributed by atoms with Crippen molar-refractivity contribution in [3.63, 3.8) is 0 Å². The molecule has 36 heavy (non-hydrogen) atoms. The summed E-state index contributed by atoms with van der Waals surface area (Å²) in [6.45, 7) is 8.41. The minimum Gasteiger partial charge on any atom is -0.507 e. The molecule has 1 N–H and O–H groups in total. The highest BCUT2D eigenvalue weighted by Crippen LogP contribution is 2.47. The number of rotatable bonds is 9. The molecule has 2 unspecified atom stereocenters. The van der Waals surface area contributed by atoms with Gasteiger partial charge in [-0.25, -0.2) is 4.79 Å². The fourth-order valence-electron chi connectivity index (χ4n) is 5.95. The van der Waals surface area contributed by atoms with Crippen LogP contribution in [0.4, 0.5) is 0 Å². The molecule has 0 radical (unpaired) electrons. The largest absolute Gasteiger partial charge is 0.507 e. The predicted molar refractivity (Wildman–Crippen MR) is 143 cm³/mol. The third kappa shape index (κ3) is 4.86. The van der Waals surface area contributed by atoms with Crippen molar-refractivity contribution in [2.75, 3.05) is 7.11 Å². The van der Waals surface area contributed by atoms with E-state index in [1.54, 1.807) is 26.2 Å². The molecule has 2 aliphatic rings. The minimum atomic E-state index is -2.03. The normalized spacial score (nSPS) is 26.1. The molecule has 1 aromatic heterocycles. The van der Waals surface area contributed by atoms with E-state index in [9.17, 15) is 9.90 Å². The molecule has 2 aromatic rings. The first kappa shape index (κ1) is 27.5. The number of benzene rings is 1. The van der Waals surface area contributed by atoms with E-state index in [4.69, 9.17) is 27.6 Å². The van der Waals surface area contributed by atoms with Gasteiger partial charge >= 0.3 is 5.63 Å². The van der Waals surface area contributed by atoms with Crippen LogP contribution in [0.15, 0.2) is 27.4 Å². The third-order valence-corrected chi connectivity index (χ3v) is 13.2. The topological polar surface area (TPSA) is 96.6 Å². The van der Waals surface area contributed by atoms with E-state index < -0.39 is 31.9 Å². The second kappa shape index (κ2) is 11.1. The van der Waals surface area contributed by atoms with E-state index in [-0.39, 0.29) is 23.5 Å². The van der Waals surface area contributed by atoms with Gasteiger partial charge in [0, 0.05) is 22.1 Å². The van der Waals surface area contributed by atoms with Crippen molar-refractivity contribution in [3.8, 4) is 11.5 Å². The van der Waals surface area contributed by atoms with Crippen molar-refractivity contribution in [2.24, 2.45) is 0 Å². The Hall–Kier alpha value is -1.48. The first-order chi connectivity index (χ1) is 17.3. The van der Waals surface area contributed by atoms with Crippen LogP contribution in [-0.4, -0.2) is 50.7 Å². The van der Waals surface area contributed by atoms with Crippen LogP contribution in [0.5, 0.6) is 11.5 Å². The highest BCUT2D eigenvalue weighted by Gasteiger charge is 2.59. The maximum Gasteiger partial charge on any atom is 0.339 e. The quantitative estimate of drug-likeness (QED) is 0.256. The van der Waals surface area contributed by atoms with Crippen LogP contribution in [0.3, 0.4) is 0 Å². The molecule has 1 aliphatic heterocycles. The zero-order valence-corrected chi connectivity index (χ0v) is 24.0. The molecule has 0 bridgehead atoms. The number of hydrogen-bond acceptors (Lipinski definition) is 8. The lowest BCUT2D eigenvalue weighted by Crippen LogP contribution is -2.67. The smallest absolute Gasteiger partial charge is 0.339 e. The summed E-state index contributed by atoms with van der Waals surface area (Å²) < 4.78 is 37.7. The molecule has 1 aromatic carbocycles. The molecule has 8 nitrogen and oxygen atoms in total. The van der Waals surface area contributed by atoms with E-state index in [0.29, 0.717) is 16.7 Å². The van der Waals surface area contributed by atoms with E-state index >= 15 is 0 Å².